The Labute approximate surface area is 88.4 Å². The minimum Gasteiger partial charge on any atom is -1.00 e. The summed E-state index contributed by atoms with van der Waals surface area (Å²) in [5.41, 5.74) is 0. The molecule has 86 valence electrons. The second-order valence-corrected chi connectivity index (χ2v) is 4.46. The van der Waals surface area contributed by atoms with Gasteiger partial charge in [-0.15, -0.1) is 0 Å². The number of hydrogen-bond donors (Lipinski definition) is 0. The Morgan fingerprint density at radius 3 is 1.64 bits per heavy atom. The number of nitrogens with zero attached hydrogens (tertiary/aromatic N) is 1. The molecule has 0 aromatic heterocycles. The molecule has 0 bridgehead atoms. The lowest BCUT2D eigenvalue weighted by Crippen LogP contribution is -3.00. The van der Waals surface area contributed by atoms with Crippen LogP contribution in [-0.2, 0) is 0 Å². The van der Waals surface area contributed by atoms with Crippen molar-refractivity contribution in [2.45, 2.75) is 58.9 Å². The fourth-order valence-corrected chi connectivity index (χ4v) is 3.07. The predicted molar refractivity (Wildman–Crippen MR) is 58.8 cm³/mol. The van der Waals surface area contributed by atoms with Crippen molar-refractivity contribution < 1.29 is 9.19 Å². The third-order valence-electron chi connectivity index (χ3n) is 4.24. The third kappa shape index (κ3) is 2.69. The topological polar surface area (TPSA) is 0 Å². The van der Waals surface area contributed by atoms with E-state index in [4.69, 9.17) is 0 Å². The first-order valence-corrected chi connectivity index (χ1v) is 6.14. The summed E-state index contributed by atoms with van der Waals surface area (Å²) in [6, 6.07) is 0.980. The molecule has 0 N–H and O–H groups in total. The van der Waals surface area contributed by atoms with Crippen molar-refractivity contribution >= 4 is 0 Å². The van der Waals surface area contributed by atoms with Gasteiger partial charge in [0.15, 0.2) is 0 Å². The zero-order valence-electron chi connectivity index (χ0n) is 10.1. The van der Waals surface area contributed by atoms with E-state index in [0.29, 0.717) is 0 Å². The molecule has 1 fully saturated rings. The van der Waals surface area contributed by atoms with Gasteiger partial charge in [0.25, 0.3) is 0 Å². The summed E-state index contributed by atoms with van der Waals surface area (Å²) in [6.07, 6.45) is 7.40. The van der Waals surface area contributed by atoms with E-state index < -0.39 is 0 Å². The van der Waals surface area contributed by atoms with Crippen LogP contribution in [0.1, 0.15) is 52.9 Å². The molecule has 14 heavy (non-hydrogen) atoms. The average Bonchev–Trinajstić information content (AvgIpc) is 2.23. The van der Waals surface area contributed by atoms with Crippen molar-refractivity contribution in [3.63, 3.8) is 0 Å². The number of hydrogen-bond acceptors (Lipinski definition) is 0. The number of rotatable bonds is 4. The van der Waals surface area contributed by atoms with Crippen molar-refractivity contribution in [2.75, 3.05) is 19.6 Å². The average molecular weight is 203 g/mol. The van der Waals surface area contributed by atoms with E-state index in [1.807, 2.05) is 0 Å². The Kier molecular flexibility index (Phi) is 6.34. The van der Waals surface area contributed by atoms with Crippen molar-refractivity contribution in [3.05, 3.63) is 0 Å². The smallest absolute Gasteiger partial charge is 0.0890 e. The van der Waals surface area contributed by atoms with Crippen LogP contribution in [0.5, 0.6) is 0 Å². The van der Waals surface area contributed by atoms with E-state index in [1.165, 1.54) is 56.2 Å². The molecule has 0 radical (unpaired) electrons. The van der Waals surface area contributed by atoms with Crippen molar-refractivity contribution in [3.8, 4) is 0 Å². The molecule has 1 nitrogen and oxygen atoms in total. The van der Waals surface area contributed by atoms with Gasteiger partial charge >= 0.3 is 0 Å². The van der Waals surface area contributed by atoms with Gasteiger partial charge in [0, 0.05) is 0 Å². The van der Waals surface area contributed by atoms with Crippen molar-refractivity contribution in [1.82, 2.24) is 0 Å². The summed E-state index contributed by atoms with van der Waals surface area (Å²) >= 11 is 0. The molecular formula is C12H26FN. The zero-order chi connectivity index (χ0) is 9.73. The molecule has 1 rings (SSSR count). The van der Waals surface area contributed by atoms with Crippen LogP contribution in [0, 0.1) is 0 Å². The lowest BCUT2D eigenvalue weighted by atomic mass is 9.92. The Balaban J connectivity index is 0.00000169. The second-order valence-electron chi connectivity index (χ2n) is 4.46. The first-order valence-electron chi connectivity index (χ1n) is 6.14. The first-order chi connectivity index (χ1) is 6.29. The highest BCUT2D eigenvalue weighted by Gasteiger charge is 2.32. The Hall–Kier alpha value is -0.110. The molecular weight excluding hydrogens is 177 g/mol. The summed E-state index contributed by atoms with van der Waals surface area (Å²) in [7, 11) is 0. The fourth-order valence-electron chi connectivity index (χ4n) is 3.07. The van der Waals surface area contributed by atoms with Crippen LogP contribution >= 0.6 is 0 Å². The SMILES string of the molecule is CC[N+](CC)(CC)C1CCCCC1.[F-]. The summed E-state index contributed by atoms with van der Waals surface area (Å²) in [6.45, 7) is 11.1. The van der Waals surface area contributed by atoms with Gasteiger partial charge in [0.1, 0.15) is 0 Å². The van der Waals surface area contributed by atoms with Crippen LogP contribution in [0.3, 0.4) is 0 Å². The van der Waals surface area contributed by atoms with Crippen LogP contribution in [0.25, 0.3) is 0 Å². The van der Waals surface area contributed by atoms with Gasteiger partial charge in [-0.05, 0) is 46.5 Å². The largest absolute Gasteiger partial charge is 1.00 e. The Morgan fingerprint density at radius 2 is 1.29 bits per heavy atom. The maximum absolute atomic E-state index is 2.36. The van der Waals surface area contributed by atoms with Gasteiger partial charge in [-0.3, -0.25) is 0 Å². The van der Waals surface area contributed by atoms with Gasteiger partial charge in [-0.1, -0.05) is 6.42 Å². The summed E-state index contributed by atoms with van der Waals surface area (Å²) in [5, 5.41) is 0. The van der Waals surface area contributed by atoms with E-state index in [0.717, 1.165) is 6.04 Å². The minimum atomic E-state index is 0. The zero-order valence-corrected chi connectivity index (χ0v) is 10.1. The fraction of sp³-hybridized carbons (Fsp3) is 1.00. The van der Waals surface area contributed by atoms with Crippen LogP contribution in [0.2, 0.25) is 0 Å². The second kappa shape index (κ2) is 6.39. The molecule has 1 saturated carbocycles. The van der Waals surface area contributed by atoms with E-state index in [2.05, 4.69) is 20.8 Å². The van der Waals surface area contributed by atoms with E-state index in [-0.39, 0.29) is 4.70 Å². The van der Waals surface area contributed by atoms with Crippen molar-refractivity contribution in [1.29, 1.82) is 0 Å². The molecule has 0 spiro atoms. The van der Waals surface area contributed by atoms with Gasteiger partial charge in [-0.2, -0.15) is 0 Å². The van der Waals surface area contributed by atoms with Crippen LogP contribution in [0.4, 0.5) is 0 Å². The van der Waals surface area contributed by atoms with E-state index in [1.54, 1.807) is 0 Å². The maximum Gasteiger partial charge on any atom is 0.0890 e. The minimum absolute atomic E-state index is 0. The highest BCUT2D eigenvalue weighted by Crippen LogP contribution is 2.27. The number of quaternary nitrogens is 1. The molecule has 0 saturated heterocycles. The van der Waals surface area contributed by atoms with Crippen molar-refractivity contribution in [2.24, 2.45) is 0 Å². The molecule has 0 aromatic rings. The summed E-state index contributed by atoms with van der Waals surface area (Å²) in [4.78, 5) is 0. The van der Waals surface area contributed by atoms with E-state index in [9.17, 15) is 0 Å². The summed E-state index contributed by atoms with van der Waals surface area (Å²) < 4.78 is 1.38. The highest BCUT2D eigenvalue weighted by molar-refractivity contribution is 4.66. The standard InChI is InChI=1S/C12H26N.FH/c1-4-13(5-2,6-3)12-10-8-7-9-11-12;/h12H,4-11H2,1-3H3;1H/q+1;/p-1. The molecule has 1 aliphatic carbocycles. The van der Waals surface area contributed by atoms with Crippen LogP contribution < -0.4 is 4.70 Å². The molecule has 0 aromatic carbocycles. The van der Waals surface area contributed by atoms with E-state index >= 15 is 0 Å². The lowest BCUT2D eigenvalue weighted by Gasteiger charge is -2.44. The molecule has 0 atom stereocenters. The maximum atomic E-state index is 2.36. The normalized spacial score (nSPS) is 19.1. The van der Waals surface area contributed by atoms with Gasteiger partial charge < -0.3 is 9.19 Å². The molecule has 1 aliphatic rings. The number of halogens is 1. The summed E-state index contributed by atoms with van der Waals surface area (Å²) in [5.74, 6) is 0. The van der Waals surface area contributed by atoms with Gasteiger partial charge in [-0.25, -0.2) is 0 Å². The van der Waals surface area contributed by atoms with Gasteiger partial charge in [0.05, 0.1) is 25.7 Å². The molecule has 0 unspecified atom stereocenters. The predicted octanol–water partition coefficient (Wildman–Crippen LogP) is 0.200. The Morgan fingerprint density at radius 1 is 0.857 bits per heavy atom. The first kappa shape index (κ1) is 13.9. The van der Waals surface area contributed by atoms with Gasteiger partial charge in [0.2, 0.25) is 0 Å². The molecule has 0 aliphatic heterocycles. The Bertz CT molecular complexity index is 129. The van der Waals surface area contributed by atoms with Crippen LogP contribution in [0.15, 0.2) is 0 Å². The highest BCUT2D eigenvalue weighted by atomic mass is 19.0. The lowest BCUT2D eigenvalue weighted by molar-refractivity contribution is -0.947. The monoisotopic (exact) mass is 203 g/mol. The quantitative estimate of drug-likeness (QED) is 0.573. The molecule has 2 heteroatoms. The third-order valence-corrected chi connectivity index (χ3v) is 4.24. The molecule has 0 heterocycles. The van der Waals surface area contributed by atoms with Crippen LogP contribution in [-0.4, -0.2) is 30.2 Å². The molecule has 0 amide bonds.